The molecule has 1 heterocycles. The molecule has 34 heavy (non-hydrogen) atoms. The number of hydrogen-bond donors (Lipinski definition) is 0. The molecule has 1 aliphatic rings. The summed E-state index contributed by atoms with van der Waals surface area (Å²) < 4.78 is 29.2. The molecule has 3 aromatic rings. The van der Waals surface area contributed by atoms with E-state index >= 15 is 0 Å². The molecule has 1 amide bonds. The van der Waals surface area contributed by atoms with Gasteiger partial charge in [-0.25, -0.2) is 0 Å². The highest BCUT2D eigenvalue weighted by Gasteiger charge is 2.27. The van der Waals surface area contributed by atoms with Crippen LogP contribution in [0.2, 0.25) is 0 Å². The van der Waals surface area contributed by atoms with Crippen LogP contribution in [0.4, 0.5) is 5.69 Å². The highest BCUT2D eigenvalue weighted by molar-refractivity contribution is 7.62. The Morgan fingerprint density at radius 2 is 1.47 bits per heavy atom. The summed E-state index contributed by atoms with van der Waals surface area (Å²) in [5.41, 5.74) is 1.78. The van der Waals surface area contributed by atoms with Crippen LogP contribution < -0.4 is 14.9 Å². The van der Waals surface area contributed by atoms with Crippen LogP contribution >= 0.6 is 7.60 Å². The largest absolute Gasteiger partial charge is 0.497 e. The number of carbonyl (C=O) groups is 1. The second kappa shape index (κ2) is 10.6. The lowest BCUT2D eigenvalue weighted by Crippen LogP contribution is -2.48. The molecular formula is C26H31N2O5P. The Hall–Kier alpha value is -2.86. The van der Waals surface area contributed by atoms with Gasteiger partial charge in [0, 0.05) is 37.4 Å². The summed E-state index contributed by atoms with van der Waals surface area (Å²) in [7, 11) is -1.69. The molecule has 0 aromatic heterocycles. The van der Waals surface area contributed by atoms with Crippen LogP contribution in [-0.2, 0) is 13.6 Å². The van der Waals surface area contributed by atoms with E-state index < -0.39 is 7.60 Å². The van der Waals surface area contributed by atoms with Crippen molar-refractivity contribution in [2.24, 2.45) is 0 Å². The SMILES string of the molecule is CCOP(=O)(OCC)c1ccc2cc(C(=O)N3CCN(c4ccc(OC)cc4)CC3)ccc2c1. The molecule has 0 saturated carbocycles. The number of nitrogens with zero attached hydrogens (tertiary/aromatic N) is 2. The van der Waals surface area contributed by atoms with E-state index in [4.69, 9.17) is 13.8 Å². The van der Waals surface area contributed by atoms with Crippen molar-refractivity contribution in [3.8, 4) is 5.75 Å². The van der Waals surface area contributed by atoms with Crippen LogP contribution in [0.25, 0.3) is 10.8 Å². The van der Waals surface area contributed by atoms with Crippen LogP contribution in [0.1, 0.15) is 24.2 Å². The van der Waals surface area contributed by atoms with Crippen LogP contribution in [0.5, 0.6) is 5.75 Å². The molecule has 0 atom stereocenters. The predicted octanol–water partition coefficient (Wildman–Crippen LogP) is 4.70. The minimum Gasteiger partial charge on any atom is -0.497 e. The molecule has 1 aliphatic heterocycles. The molecule has 0 bridgehead atoms. The lowest BCUT2D eigenvalue weighted by atomic mass is 10.1. The fraction of sp³-hybridized carbons (Fsp3) is 0.346. The Balaban J connectivity index is 1.46. The minimum atomic E-state index is -3.35. The lowest BCUT2D eigenvalue weighted by molar-refractivity contribution is 0.0747. The van der Waals surface area contributed by atoms with Gasteiger partial charge in [-0.3, -0.25) is 9.36 Å². The first-order chi connectivity index (χ1) is 16.5. The van der Waals surface area contributed by atoms with E-state index in [0.29, 0.717) is 37.2 Å². The third-order valence-electron chi connectivity index (χ3n) is 5.99. The highest BCUT2D eigenvalue weighted by atomic mass is 31.2. The molecule has 3 aromatic carbocycles. The summed E-state index contributed by atoms with van der Waals surface area (Å²) >= 11 is 0. The third-order valence-corrected chi connectivity index (χ3v) is 8.10. The molecule has 180 valence electrons. The van der Waals surface area contributed by atoms with Crippen molar-refractivity contribution in [2.45, 2.75) is 13.8 Å². The first-order valence-electron chi connectivity index (χ1n) is 11.6. The molecular weight excluding hydrogens is 451 g/mol. The van der Waals surface area contributed by atoms with Gasteiger partial charge in [0.15, 0.2) is 0 Å². The Labute approximate surface area is 200 Å². The van der Waals surface area contributed by atoms with Crippen molar-refractivity contribution in [1.29, 1.82) is 0 Å². The Kier molecular flexibility index (Phi) is 7.57. The Bertz CT molecular complexity index is 1180. The quantitative estimate of drug-likeness (QED) is 0.434. The number of hydrogen-bond acceptors (Lipinski definition) is 6. The minimum absolute atomic E-state index is 0.0228. The molecule has 0 unspecified atom stereocenters. The normalized spacial score (nSPS) is 14.4. The van der Waals surface area contributed by atoms with Gasteiger partial charge in [-0.2, -0.15) is 0 Å². The standard InChI is InChI=1S/C26H31N2O5P/c1-4-32-34(30,33-5-2)25-13-8-20-18-22(7-6-21(20)19-25)26(29)28-16-14-27(15-17-28)23-9-11-24(31-3)12-10-23/h6-13,18-19H,4-5,14-17H2,1-3H3. The number of fused-ring (bicyclic) bond motifs is 1. The summed E-state index contributed by atoms with van der Waals surface area (Å²) in [5.74, 6) is 0.856. The van der Waals surface area contributed by atoms with E-state index in [9.17, 15) is 9.36 Å². The maximum atomic E-state index is 13.2. The van der Waals surface area contributed by atoms with Gasteiger partial charge in [-0.15, -0.1) is 0 Å². The van der Waals surface area contributed by atoms with Gasteiger partial charge in [-0.05, 0) is 73.2 Å². The number of rotatable bonds is 8. The monoisotopic (exact) mass is 482 g/mol. The Morgan fingerprint density at radius 3 is 2.09 bits per heavy atom. The van der Waals surface area contributed by atoms with E-state index in [2.05, 4.69) is 4.90 Å². The topological polar surface area (TPSA) is 68.3 Å². The average molecular weight is 483 g/mol. The fourth-order valence-corrected chi connectivity index (χ4v) is 5.81. The summed E-state index contributed by atoms with van der Waals surface area (Å²) in [6.45, 7) is 7.06. The van der Waals surface area contributed by atoms with Crippen LogP contribution in [0.3, 0.4) is 0 Å². The number of piperazine rings is 1. The van der Waals surface area contributed by atoms with Crippen LogP contribution in [0.15, 0.2) is 60.7 Å². The molecule has 7 nitrogen and oxygen atoms in total. The molecule has 8 heteroatoms. The average Bonchev–Trinajstić information content (AvgIpc) is 2.88. The Morgan fingerprint density at radius 1 is 0.853 bits per heavy atom. The number of carbonyl (C=O) groups excluding carboxylic acids is 1. The van der Waals surface area contributed by atoms with Gasteiger partial charge < -0.3 is 23.6 Å². The highest BCUT2D eigenvalue weighted by Crippen LogP contribution is 2.47. The predicted molar refractivity (Wildman–Crippen MR) is 136 cm³/mol. The summed E-state index contributed by atoms with van der Waals surface area (Å²) in [5, 5.41) is 2.32. The van der Waals surface area contributed by atoms with Crippen molar-refractivity contribution in [1.82, 2.24) is 4.90 Å². The molecule has 0 aliphatic carbocycles. The zero-order valence-electron chi connectivity index (χ0n) is 19.9. The van der Waals surface area contributed by atoms with Gasteiger partial charge in [0.1, 0.15) is 5.75 Å². The van der Waals surface area contributed by atoms with E-state index in [1.54, 1.807) is 27.0 Å². The molecule has 0 N–H and O–H groups in total. The van der Waals surface area contributed by atoms with Crippen molar-refractivity contribution < 1.29 is 23.1 Å². The van der Waals surface area contributed by atoms with E-state index in [1.807, 2.05) is 59.5 Å². The fourth-order valence-electron chi connectivity index (χ4n) is 4.21. The molecule has 0 spiro atoms. The first kappa shape index (κ1) is 24.3. The number of anilines is 1. The second-order valence-electron chi connectivity index (χ2n) is 8.06. The number of ether oxygens (including phenoxy) is 1. The maximum Gasteiger partial charge on any atom is 0.361 e. The zero-order chi connectivity index (χ0) is 24.1. The van der Waals surface area contributed by atoms with Gasteiger partial charge in [-0.1, -0.05) is 12.1 Å². The third kappa shape index (κ3) is 5.12. The van der Waals surface area contributed by atoms with E-state index in [0.717, 1.165) is 35.3 Å². The maximum absolute atomic E-state index is 13.2. The summed E-state index contributed by atoms with van der Waals surface area (Å²) in [6, 6.07) is 19.1. The van der Waals surface area contributed by atoms with Gasteiger partial charge >= 0.3 is 7.60 Å². The van der Waals surface area contributed by atoms with E-state index in [1.165, 1.54) is 0 Å². The van der Waals surface area contributed by atoms with Crippen molar-refractivity contribution in [3.63, 3.8) is 0 Å². The van der Waals surface area contributed by atoms with Crippen molar-refractivity contribution in [2.75, 3.05) is 51.4 Å². The van der Waals surface area contributed by atoms with Gasteiger partial charge in [0.05, 0.1) is 25.6 Å². The number of benzene rings is 3. The van der Waals surface area contributed by atoms with Crippen molar-refractivity contribution in [3.05, 3.63) is 66.2 Å². The molecule has 0 radical (unpaired) electrons. The lowest BCUT2D eigenvalue weighted by Gasteiger charge is -2.36. The van der Waals surface area contributed by atoms with E-state index in [-0.39, 0.29) is 5.91 Å². The van der Waals surface area contributed by atoms with Gasteiger partial charge in [0.25, 0.3) is 5.91 Å². The van der Waals surface area contributed by atoms with Crippen LogP contribution in [0, 0.1) is 0 Å². The number of methoxy groups -OCH3 is 1. The zero-order valence-corrected chi connectivity index (χ0v) is 20.8. The summed E-state index contributed by atoms with van der Waals surface area (Å²) in [4.78, 5) is 17.3. The molecule has 1 saturated heterocycles. The van der Waals surface area contributed by atoms with Crippen LogP contribution in [-0.4, -0.2) is 57.3 Å². The number of amides is 1. The second-order valence-corrected chi connectivity index (χ2v) is 10.1. The van der Waals surface area contributed by atoms with Gasteiger partial charge in [0.2, 0.25) is 0 Å². The summed E-state index contributed by atoms with van der Waals surface area (Å²) in [6.07, 6.45) is 0. The first-order valence-corrected chi connectivity index (χ1v) is 13.1. The molecule has 4 rings (SSSR count). The smallest absolute Gasteiger partial charge is 0.361 e. The van der Waals surface area contributed by atoms with Crippen molar-refractivity contribution >= 4 is 35.3 Å². The molecule has 1 fully saturated rings.